The summed E-state index contributed by atoms with van der Waals surface area (Å²) in [5.41, 5.74) is 9.17. The number of nitrogens with zero attached hydrogens (tertiary/aromatic N) is 3. The lowest BCUT2D eigenvalue weighted by atomic mass is 9.68. The van der Waals surface area contributed by atoms with Gasteiger partial charge in [0.1, 0.15) is 0 Å². The molecule has 6 nitrogen and oxygen atoms in total. The highest BCUT2D eigenvalue weighted by molar-refractivity contribution is 6.07. The fraction of sp³-hybridized carbons (Fsp3) is 0.571. The van der Waals surface area contributed by atoms with Crippen molar-refractivity contribution in [2.45, 2.75) is 95.9 Å². The van der Waals surface area contributed by atoms with Crippen molar-refractivity contribution in [3.05, 3.63) is 71.3 Å². The monoisotopic (exact) mass is 556 g/mol. The average molecular weight is 557 g/mol. The van der Waals surface area contributed by atoms with Crippen molar-refractivity contribution < 1.29 is 9.59 Å². The number of likely N-dealkylation sites (tertiary alicyclic amines) is 1. The minimum Gasteiger partial charge on any atom is -0.369 e. The Bertz CT molecular complexity index is 1220. The molecule has 6 heteroatoms. The standard InChI is InChI=1S/C35H48N4O2/c1-3-5-11-26-12-10-15-30(23-26)35(20-6-4-2)33(41)39(34(36)37-35)25-27-18-21-38(22-19-27)32(40)24-29-16-17-31(29)28-13-8-7-9-14-28/h7-10,12-15,23,27,29,31H,3-6,11,16-22,24-25H2,1-2H3,(H2,36,37). The third kappa shape index (κ3) is 6.37. The highest BCUT2D eigenvalue weighted by atomic mass is 16.2. The van der Waals surface area contributed by atoms with Gasteiger partial charge in [-0.25, -0.2) is 4.99 Å². The molecule has 0 aromatic heterocycles. The van der Waals surface area contributed by atoms with E-state index in [0.717, 1.165) is 70.0 Å². The van der Waals surface area contributed by atoms with Gasteiger partial charge in [-0.05, 0) is 79.4 Å². The van der Waals surface area contributed by atoms with Crippen molar-refractivity contribution in [1.82, 2.24) is 9.80 Å². The number of aryl methyl sites for hydroxylation is 1. The van der Waals surface area contributed by atoms with Crippen LogP contribution in [0.15, 0.2) is 59.6 Å². The van der Waals surface area contributed by atoms with E-state index in [0.29, 0.717) is 43.1 Å². The Hall–Kier alpha value is -3.15. The molecule has 0 bridgehead atoms. The summed E-state index contributed by atoms with van der Waals surface area (Å²) in [6.45, 7) is 6.44. The number of guanidine groups is 1. The van der Waals surface area contributed by atoms with E-state index in [1.165, 1.54) is 17.5 Å². The van der Waals surface area contributed by atoms with Gasteiger partial charge in [-0.1, -0.05) is 87.7 Å². The molecule has 1 saturated carbocycles. The van der Waals surface area contributed by atoms with Gasteiger partial charge in [0.2, 0.25) is 5.91 Å². The van der Waals surface area contributed by atoms with Crippen LogP contribution in [0.4, 0.5) is 0 Å². The summed E-state index contributed by atoms with van der Waals surface area (Å²) in [5.74, 6) is 1.94. The average Bonchev–Trinajstić information content (AvgIpc) is 3.23. The first-order chi connectivity index (χ1) is 19.9. The normalized spacial score (nSPS) is 24.8. The van der Waals surface area contributed by atoms with Gasteiger partial charge >= 0.3 is 0 Å². The van der Waals surface area contributed by atoms with Gasteiger partial charge in [0.25, 0.3) is 5.91 Å². The summed E-state index contributed by atoms with van der Waals surface area (Å²) in [7, 11) is 0. The SMILES string of the molecule is CCCCc1cccc(C2(CCCC)N=C(N)N(CC3CCN(C(=O)CC4CCC4c4ccccc4)CC3)C2=O)c1. The van der Waals surface area contributed by atoms with Crippen molar-refractivity contribution in [3.63, 3.8) is 0 Å². The van der Waals surface area contributed by atoms with Crippen molar-refractivity contribution in [2.24, 2.45) is 22.6 Å². The van der Waals surface area contributed by atoms with Crippen LogP contribution in [0, 0.1) is 11.8 Å². The smallest absolute Gasteiger partial charge is 0.261 e. The molecule has 0 radical (unpaired) electrons. The van der Waals surface area contributed by atoms with E-state index >= 15 is 0 Å². The van der Waals surface area contributed by atoms with Crippen LogP contribution in [0.5, 0.6) is 0 Å². The summed E-state index contributed by atoms with van der Waals surface area (Å²) < 4.78 is 0. The highest BCUT2D eigenvalue weighted by Crippen LogP contribution is 2.45. The van der Waals surface area contributed by atoms with E-state index in [4.69, 9.17) is 10.7 Å². The molecule has 2 amide bonds. The topological polar surface area (TPSA) is 79.0 Å². The van der Waals surface area contributed by atoms with Gasteiger partial charge in [-0.2, -0.15) is 0 Å². The second-order valence-electron chi connectivity index (χ2n) is 12.5. The van der Waals surface area contributed by atoms with E-state index < -0.39 is 5.54 Å². The van der Waals surface area contributed by atoms with Crippen molar-refractivity contribution in [1.29, 1.82) is 0 Å². The van der Waals surface area contributed by atoms with Gasteiger partial charge in [0.05, 0.1) is 0 Å². The molecule has 1 aliphatic carbocycles. The molecule has 2 heterocycles. The first kappa shape index (κ1) is 29.3. The van der Waals surface area contributed by atoms with Crippen LogP contribution < -0.4 is 5.73 Å². The predicted octanol–water partition coefficient (Wildman–Crippen LogP) is 6.39. The molecule has 1 saturated heterocycles. The lowest BCUT2D eigenvalue weighted by Gasteiger charge is -2.39. The molecule has 2 N–H and O–H groups in total. The third-order valence-electron chi connectivity index (χ3n) is 9.79. The molecule has 3 atom stereocenters. The van der Waals surface area contributed by atoms with Crippen LogP contribution in [0.3, 0.4) is 0 Å². The number of unbranched alkanes of at least 4 members (excludes halogenated alkanes) is 2. The fourth-order valence-corrected chi connectivity index (χ4v) is 7.03. The predicted molar refractivity (Wildman–Crippen MR) is 165 cm³/mol. The number of amides is 2. The summed E-state index contributed by atoms with van der Waals surface area (Å²) in [6.07, 6.45) is 10.6. The van der Waals surface area contributed by atoms with Crippen molar-refractivity contribution in [3.8, 4) is 0 Å². The zero-order valence-corrected chi connectivity index (χ0v) is 25.1. The minimum atomic E-state index is -0.920. The van der Waals surface area contributed by atoms with E-state index in [1.807, 2.05) is 4.90 Å². The summed E-state index contributed by atoms with van der Waals surface area (Å²) >= 11 is 0. The number of rotatable bonds is 12. The number of aliphatic imine (C=N–C) groups is 1. The number of nitrogens with two attached hydrogens (primary N) is 1. The van der Waals surface area contributed by atoms with E-state index in [-0.39, 0.29) is 11.8 Å². The fourth-order valence-electron chi connectivity index (χ4n) is 7.03. The molecule has 5 rings (SSSR count). The molecule has 0 spiro atoms. The first-order valence-electron chi connectivity index (χ1n) is 16.0. The quantitative estimate of drug-likeness (QED) is 0.329. The Labute approximate surface area is 246 Å². The van der Waals surface area contributed by atoms with Gasteiger partial charge in [-0.3, -0.25) is 14.5 Å². The van der Waals surface area contributed by atoms with Crippen LogP contribution in [0.1, 0.15) is 101 Å². The maximum atomic E-state index is 14.1. The highest BCUT2D eigenvalue weighted by Gasteiger charge is 2.49. The third-order valence-corrected chi connectivity index (χ3v) is 9.79. The maximum Gasteiger partial charge on any atom is 0.261 e. The lowest BCUT2D eigenvalue weighted by molar-refractivity contribution is -0.136. The van der Waals surface area contributed by atoms with Crippen molar-refractivity contribution >= 4 is 17.8 Å². The molecule has 41 heavy (non-hydrogen) atoms. The second kappa shape index (κ2) is 13.2. The van der Waals surface area contributed by atoms with Crippen molar-refractivity contribution in [2.75, 3.05) is 19.6 Å². The Balaban J connectivity index is 1.19. The van der Waals surface area contributed by atoms with Crippen LogP contribution in [0.2, 0.25) is 0 Å². The van der Waals surface area contributed by atoms with E-state index in [9.17, 15) is 9.59 Å². The molecular weight excluding hydrogens is 508 g/mol. The maximum absolute atomic E-state index is 14.1. The molecule has 2 aromatic carbocycles. The number of carbonyl (C=O) groups excluding carboxylic acids is 2. The summed E-state index contributed by atoms with van der Waals surface area (Å²) in [5, 5.41) is 0. The number of carbonyl (C=O) groups is 2. The van der Waals surface area contributed by atoms with Crippen LogP contribution in [0.25, 0.3) is 0 Å². The van der Waals surface area contributed by atoms with Gasteiger partial charge in [0.15, 0.2) is 11.5 Å². The minimum absolute atomic E-state index is 0.0199. The number of hydrogen-bond acceptors (Lipinski definition) is 4. The van der Waals surface area contributed by atoms with Gasteiger partial charge in [-0.15, -0.1) is 0 Å². The molecule has 3 aliphatic rings. The zero-order valence-electron chi connectivity index (χ0n) is 25.1. The largest absolute Gasteiger partial charge is 0.369 e. The first-order valence-corrected chi connectivity index (χ1v) is 16.0. The lowest BCUT2D eigenvalue weighted by Crippen LogP contribution is -2.48. The Morgan fingerprint density at radius 2 is 1.73 bits per heavy atom. The zero-order chi connectivity index (χ0) is 28.8. The van der Waals surface area contributed by atoms with E-state index in [1.54, 1.807) is 4.90 Å². The number of piperidine rings is 1. The molecule has 220 valence electrons. The van der Waals surface area contributed by atoms with Crippen LogP contribution >= 0.6 is 0 Å². The number of hydrogen-bond donors (Lipinski definition) is 1. The number of benzene rings is 2. The Morgan fingerprint density at radius 1 is 0.976 bits per heavy atom. The van der Waals surface area contributed by atoms with Crippen LogP contribution in [-0.2, 0) is 21.5 Å². The molecule has 2 aliphatic heterocycles. The Kier molecular flexibility index (Phi) is 9.46. The molecule has 2 fully saturated rings. The molecule has 2 aromatic rings. The molecular formula is C35H48N4O2. The second-order valence-corrected chi connectivity index (χ2v) is 12.5. The summed E-state index contributed by atoms with van der Waals surface area (Å²) in [6, 6.07) is 19.1. The van der Waals surface area contributed by atoms with E-state index in [2.05, 4.69) is 68.4 Å². The summed E-state index contributed by atoms with van der Waals surface area (Å²) in [4.78, 5) is 36.0. The Morgan fingerprint density at radius 3 is 2.41 bits per heavy atom. The van der Waals surface area contributed by atoms with Gasteiger partial charge < -0.3 is 10.6 Å². The molecule has 3 unspecified atom stereocenters. The van der Waals surface area contributed by atoms with Gasteiger partial charge in [0, 0.05) is 26.1 Å². The van der Waals surface area contributed by atoms with Crippen LogP contribution in [-0.4, -0.2) is 47.2 Å².